The third-order valence-electron chi connectivity index (χ3n) is 2.13. The largest absolute Gasteiger partial charge is 0.365 e. The number of nitrogens with zero attached hydrogens (tertiary/aromatic N) is 1. The zero-order valence-electron chi connectivity index (χ0n) is 8.35. The van der Waals surface area contributed by atoms with Gasteiger partial charge in [-0.05, 0) is 12.8 Å². The molecule has 78 valence electrons. The van der Waals surface area contributed by atoms with Crippen LogP contribution in [0.3, 0.4) is 0 Å². The van der Waals surface area contributed by atoms with Crippen LogP contribution < -0.4 is 5.32 Å². The van der Waals surface area contributed by atoms with Crippen LogP contribution in [-0.4, -0.2) is 11.0 Å². The molecule has 1 N–H and O–H groups in total. The Balaban J connectivity index is 2.76. The predicted molar refractivity (Wildman–Crippen MR) is 52.1 cm³/mol. The monoisotopic (exact) mass is 200 g/mol. The van der Waals surface area contributed by atoms with E-state index in [1.807, 2.05) is 13.8 Å². The van der Waals surface area contributed by atoms with Crippen LogP contribution >= 0.6 is 0 Å². The first kappa shape index (κ1) is 10.9. The summed E-state index contributed by atoms with van der Waals surface area (Å²) < 4.78 is 25.6. The summed E-state index contributed by atoms with van der Waals surface area (Å²) in [7, 11) is 0. The predicted octanol–water partition coefficient (Wildman–Crippen LogP) is 2.96. The Kier molecular flexibility index (Phi) is 3.80. The van der Waals surface area contributed by atoms with Gasteiger partial charge in [-0.1, -0.05) is 13.8 Å². The van der Waals surface area contributed by atoms with Gasteiger partial charge in [0.15, 0.2) is 11.6 Å². The molecule has 0 aliphatic heterocycles. The van der Waals surface area contributed by atoms with Gasteiger partial charge in [0, 0.05) is 12.1 Å². The number of aromatic nitrogens is 1. The minimum Gasteiger partial charge on any atom is -0.365 e. The van der Waals surface area contributed by atoms with Crippen LogP contribution in [0.5, 0.6) is 0 Å². The lowest BCUT2D eigenvalue weighted by atomic mass is 10.2. The van der Waals surface area contributed by atoms with Crippen LogP contribution in [0, 0.1) is 11.6 Å². The van der Waals surface area contributed by atoms with Gasteiger partial charge < -0.3 is 5.32 Å². The van der Waals surface area contributed by atoms with Crippen molar-refractivity contribution in [2.75, 3.05) is 5.32 Å². The molecule has 2 nitrogen and oxygen atoms in total. The highest BCUT2D eigenvalue weighted by Gasteiger charge is 2.09. The fourth-order valence-electron chi connectivity index (χ4n) is 1.21. The molecule has 0 radical (unpaired) electrons. The summed E-state index contributed by atoms with van der Waals surface area (Å²) in [6, 6.07) is 1.01. The minimum absolute atomic E-state index is 0.125. The first-order valence-electron chi connectivity index (χ1n) is 4.75. The second-order valence-electron chi connectivity index (χ2n) is 3.14. The molecule has 0 spiro atoms. The average molecular weight is 200 g/mol. The number of anilines is 1. The van der Waals surface area contributed by atoms with E-state index < -0.39 is 11.6 Å². The second-order valence-corrected chi connectivity index (χ2v) is 3.14. The van der Waals surface area contributed by atoms with Crippen molar-refractivity contribution in [3.63, 3.8) is 0 Å². The van der Waals surface area contributed by atoms with Crippen LogP contribution in [-0.2, 0) is 0 Å². The highest BCUT2D eigenvalue weighted by atomic mass is 19.1. The summed E-state index contributed by atoms with van der Waals surface area (Å²) >= 11 is 0. The fourth-order valence-corrected chi connectivity index (χ4v) is 1.21. The molecule has 0 saturated heterocycles. The van der Waals surface area contributed by atoms with Crippen LogP contribution in [0.2, 0.25) is 0 Å². The van der Waals surface area contributed by atoms with Gasteiger partial charge in [-0.2, -0.15) is 0 Å². The lowest BCUT2D eigenvalue weighted by Crippen LogP contribution is -2.18. The van der Waals surface area contributed by atoms with Crippen LogP contribution in [0.25, 0.3) is 0 Å². The highest BCUT2D eigenvalue weighted by molar-refractivity contribution is 5.36. The molecule has 0 amide bonds. The Morgan fingerprint density at radius 3 is 2.50 bits per heavy atom. The topological polar surface area (TPSA) is 24.9 Å². The highest BCUT2D eigenvalue weighted by Crippen LogP contribution is 2.14. The van der Waals surface area contributed by atoms with Gasteiger partial charge in [-0.25, -0.2) is 13.8 Å². The molecule has 4 heteroatoms. The maximum absolute atomic E-state index is 13.1. The van der Waals surface area contributed by atoms with Gasteiger partial charge in [0.2, 0.25) is 0 Å². The summed E-state index contributed by atoms with van der Waals surface area (Å²) in [6.45, 7) is 4.01. The number of hydrogen-bond donors (Lipinski definition) is 1. The minimum atomic E-state index is -0.655. The molecule has 0 unspecified atom stereocenters. The molecular weight excluding hydrogens is 186 g/mol. The maximum atomic E-state index is 13.1. The van der Waals surface area contributed by atoms with E-state index in [2.05, 4.69) is 10.3 Å². The summed E-state index contributed by atoms with van der Waals surface area (Å²) in [6.07, 6.45) is 2.78. The molecule has 1 aromatic heterocycles. The van der Waals surface area contributed by atoms with E-state index in [1.165, 1.54) is 0 Å². The van der Waals surface area contributed by atoms with E-state index in [4.69, 9.17) is 0 Å². The van der Waals surface area contributed by atoms with E-state index in [0.29, 0.717) is 0 Å². The van der Waals surface area contributed by atoms with Gasteiger partial charge >= 0.3 is 0 Å². The van der Waals surface area contributed by atoms with E-state index in [9.17, 15) is 8.78 Å². The average Bonchev–Trinajstić information content (AvgIpc) is 2.17. The van der Waals surface area contributed by atoms with Gasteiger partial charge in [0.1, 0.15) is 5.82 Å². The lowest BCUT2D eigenvalue weighted by molar-refractivity contribution is 0.569. The van der Waals surface area contributed by atoms with E-state index in [0.717, 1.165) is 25.1 Å². The van der Waals surface area contributed by atoms with Gasteiger partial charge in [-0.3, -0.25) is 0 Å². The van der Waals surface area contributed by atoms with Gasteiger partial charge in [-0.15, -0.1) is 0 Å². The van der Waals surface area contributed by atoms with E-state index in [1.54, 1.807) is 0 Å². The summed E-state index contributed by atoms with van der Waals surface area (Å²) in [5, 5.41) is 2.92. The molecule has 0 aliphatic carbocycles. The summed E-state index contributed by atoms with van der Waals surface area (Å²) in [4.78, 5) is 3.65. The fraction of sp³-hybridized carbons (Fsp3) is 0.500. The van der Waals surface area contributed by atoms with Crippen LogP contribution in [0.1, 0.15) is 26.7 Å². The molecule has 1 rings (SSSR count). The van der Waals surface area contributed by atoms with Crippen LogP contribution in [0.15, 0.2) is 12.3 Å². The summed E-state index contributed by atoms with van der Waals surface area (Å²) in [5.74, 6) is -1.17. The van der Waals surface area contributed by atoms with Crippen molar-refractivity contribution in [3.8, 4) is 0 Å². The third-order valence-corrected chi connectivity index (χ3v) is 2.13. The SMILES string of the molecule is CCC(CC)Nc1ncc(F)cc1F. The number of hydrogen-bond acceptors (Lipinski definition) is 2. The Morgan fingerprint density at radius 2 is 2.00 bits per heavy atom. The van der Waals surface area contributed by atoms with Crippen molar-refractivity contribution in [1.82, 2.24) is 4.98 Å². The quantitative estimate of drug-likeness (QED) is 0.808. The Labute approximate surface area is 82.4 Å². The number of pyridine rings is 1. The first-order valence-corrected chi connectivity index (χ1v) is 4.75. The van der Waals surface area contributed by atoms with Gasteiger partial charge in [0.05, 0.1) is 6.20 Å². The normalized spacial score (nSPS) is 10.6. The zero-order valence-corrected chi connectivity index (χ0v) is 8.35. The number of nitrogens with one attached hydrogen (secondary N) is 1. The standard InChI is InChI=1S/C10H14F2N2/c1-3-8(4-2)14-10-9(12)5-7(11)6-13-10/h5-6,8H,3-4H2,1-2H3,(H,13,14). The van der Waals surface area contributed by atoms with Crippen molar-refractivity contribution in [3.05, 3.63) is 23.9 Å². The Morgan fingerprint density at radius 1 is 1.36 bits per heavy atom. The Bertz CT molecular complexity index is 298. The molecule has 1 heterocycles. The van der Waals surface area contributed by atoms with Crippen molar-refractivity contribution >= 4 is 5.82 Å². The molecule has 0 saturated carbocycles. The van der Waals surface area contributed by atoms with Gasteiger partial charge in [0.25, 0.3) is 0 Å². The van der Waals surface area contributed by atoms with Crippen molar-refractivity contribution < 1.29 is 8.78 Å². The molecule has 0 aromatic carbocycles. The third kappa shape index (κ3) is 2.65. The second kappa shape index (κ2) is 4.88. The van der Waals surface area contributed by atoms with E-state index >= 15 is 0 Å². The molecule has 1 aromatic rings. The van der Waals surface area contributed by atoms with Crippen molar-refractivity contribution in [1.29, 1.82) is 0 Å². The molecule has 14 heavy (non-hydrogen) atoms. The molecule has 0 aliphatic rings. The van der Waals surface area contributed by atoms with E-state index in [-0.39, 0.29) is 11.9 Å². The van der Waals surface area contributed by atoms with Crippen molar-refractivity contribution in [2.45, 2.75) is 32.7 Å². The molecule has 0 atom stereocenters. The molecular formula is C10H14F2N2. The molecule has 0 fully saturated rings. The number of halogens is 2. The Hall–Kier alpha value is -1.19. The molecule has 0 bridgehead atoms. The van der Waals surface area contributed by atoms with Crippen LogP contribution in [0.4, 0.5) is 14.6 Å². The maximum Gasteiger partial charge on any atom is 0.168 e. The lowest BCUT2D eigenvalue weighted by Gasteiger charge is -2.15. The van der Waals surface area contributed by atoms with Crippen molar-refractivity contribution in [2.24, 2.45) is 0 Å². The first-order chi connectivity index (χ1) is 6.67. The summed E-state index contributed by atoms with van der Waals surface area (Å²) in [5.41, 5.74) is 0. The number of rotatable bonds is 4. The zero-order chi connectivity index (χ0) is 10.6. The smallest absolute Gasteiger partial charge is 0.168 e.